The maximum absolute atomic E-state index is 9.33. The zero-order valence-electron chi connectivity index (χ0n) is 33.6. The number of fused-ring (bicyclic) bond motifs is 3. The highest BCUT2D eigenvalue weighted by Crippen LogP contribution is 2.39. The molecular formula is C51H34N4. The lowest BCUT2D eigenvalue weighted by atomic mass is 9.96. The summed E-state index contributed by atoms with van der Waals surface area (Å²) in [6, 6.07) is 59.9. The fraction of sp³-hybridized carbons (Fsp3) is 0. The van der Waals surface area contributed by atoms with Crippen molar-refractivity contribution in [1.82, 2.24) is 19.5 Å². The lowest BCUT2D eigenvalue weighted by molar-refractivity contribution is 0.953. The normalized spacial score (nSPS) is 12.3. The summed E-state index contributed by atoms with van der Waals surface area (Å²) in [6.07, 6.45) is 0. The van der Waals surface area contributed by atoms with E-state index in [1.54, 1.807) is 4.57 Å². The lowest BCUT2D eigenvalue weighted by Gasteiger charge is -2.12. The first-order chi connectivity index (χ1) is 28.9. The molecule has 258 valence electrons. The Labute approximate surface area is 325 Å². The Hall–Kier alpha value is -7.43. The van der Waals surface area contributed by atoms with Gasteiger partial charge in [0.25, 0.3) is 0 Å². The minimum Gasteiger partial charge on any atom is -0.278 e. The van der Waals surface area contributed by atoms with Gasteiger partial charge in [-0.25, -0.2) is 4.98 Å². The molecule has 4 heteroatoms. The van der Waals surface area contributed by atoms with Gasteiger partial charge in [0, 0.05) is 21.9 Å². The third kappa shape index (κ3) is 6.06. The minimum absolute atomic E-state index is 0.126. The van der Waals surface area contributed by atoms with Crippen molar-refractivity contribution in [2.24, 2.45) is 0 Å². The molecule has 0 atom stereocenters. The van der Waals surface area contributed by atoms with E-state index < -0.39 is 0 Å². The molecule has 0 N–H and O–H groups in total. The molecule has 2 heterocycles. The van der Waals surface area contributed by atoms with E-state index in [9.17, 15) is 2.74 Å². The number of hydrogen-bond donors (Lipinski definition) is 0. The van der Waals surface area contributed by atoms with E-state index in [-0.39, 0.29) is 30.1 Å². The molecule has 2 aromatic heterocycles. The molecule has 10 aromatic rings. The Morgan fingerprint density at radius 2 is 0.818 bits per heavy atom. The predicted molar refractivity (Wildman–Crippen MR) is 227 cm³/mol. The summed E-state index contributed by atoms with van der Waals surface area (Å²) in [5, 5.41) is 1.08. The van der Waals surface area contributed by atoms with E-state index in [1.807, 2.05) is 109 Å². The van der Waals surface area contributed by atoms with Crippen LogP contribution in [-0.2, 0) is 0 Å². The van der Waals surface area contributed by atoms with Crippen molar-refractivity contribution in [3.63, 3.8) is 0 Å². The van der Waals surface area contributed by atoms with Crippen LogP contribution in [0.5, 0.6) is 0 Å². The van der Waals surface area contributed by atoms with Gasteiger partial charge >= 0.3 is 0 Å². The first-order valence-corrected chi connectivity index (χ1v) is 18.2. The zero-order chi connectivity index (χ0) is 40.0. The van der Waals surface area contributed by atoms with Crippen LogP contribution in [0.2, 0.25) is 0 Å². The zero-order valence-corrected chi connectivity index (χ0v) is 29.6. The molecule has 0 aliphatic carbocycles. The van der Waals surface area contributed by atoms with Crippen LogP contribution in [0.4, 0.5) is 0 Å². The van der Waals surface area contributed by atoms with Crippen molar-refractivity contribution < 1.29 is 5.48 Å². The molecule has 0 aliphatic heterocycles. The topological polar surface area (TPSA) is 43.6 Å². The number of rotatable bonds is 7. The number of nitrogens with zero attached hydrogens (tertiary/aromatic N) is 4. The van der Waals surface area contributed by atoms with Crippen LogP contribution in [-0.4, -0.2) is 19.5 Å². The predicted octanol–water partition coefficient (Wildman–Crippen LogP) is 13.0. The smallest absolute Gasteiger partial charge is 0.238 e. The molecule has 0 amide bonds. The SMILES string of the molecule is [2H]c1c([2H])c([2H])c2c(c1[2H])c1c(-c3cccc(-c4ccccc4)c3)cccc1n2-c1nc(-c2ccc(-c3ccccc3)cc2)nc(-c2ccc(-c3ccccc3)cc2)n1. The van der Waals surface area contributed by atoms with E-state index in [4.69, 9.17) is 17.7 Å². The van der Waals surface area contributed by atoms with Gasteiger partial charge in [-0.05, 0) is 62.7 Å². The average molecular weight is 707 g/mol. The molecular weight excluding hydrogens is 669 g/mol. The highest BCUT2D eigenvalue weighted by atomic mass is 15.2. The minimum atomic E-state index is -0.332. The van der Waals surface area contributed by atoms with E-state index in [2.05, 4.69) is 72.8 Å². The van der Waals surface area contributed by atoms with Gasteiger partial charge in [-0.15, -0.1) is 0 Å². The maximum Gasteiger partial charge on any atom is 0.238 e. The quantitative estimate of drug-likeness (QED) is 0.166. The highest BCUT2D eigenvalue weighted by Gasteiger charge is 2.20. The maximum atomic E-state index is 9.33. The molecule has 8 aromatic carbocycles. The van der Waals surface area contributed by atoms with Gasteiger partial charge in [-0.2, -0.15) is 9.97 Å². The van der Waals surface area contributed by atoms with Crippen molar-refractivity contribution in [2.75, 3.05) is 0 Å². The average Bonchev–Trinajstić information content (AvgIpc) is 3.67. The molecule has 0 fully saturated rings. The van der Waals surface area contributed by atoms with Crippen LogP contribution in [0.25, 0.3) is 95.0 Å². The van der Waals surface area contributed by atoms with Crippen LogP contribution >= 0.6 is 0 Å². The molecule has 0 unspecified atom stereocenters. The summed E-state index contributed by atoms with van der Waals surface area (Å²) < 4.78 is 38.0. The second-order valence-electron chi connectivity index (χ2n) is 13.4. The van der Waals surface area contributed by atoms with Gasteiger partial charge in [0.05, 0.1) is 16.5 Å². The Bertz CT molecular complexity index is 3070. The standard InChI is InChI=1S/C51H34N4/c1-4-14-35(15-5-1)38-26-30-40(31-27-38)49-52-50(41-32-28-39(29-33-41)36-16-6-2-7-17-36)54-51(53-49)55-46-24-11-10-22-45(46)48-44(23-13-25-47(48)55)43-21-12-20-42(34-43)37-18-8-3-9-19-37/h1-34H/i10D,11D,22D,24D. The van der Waals surface area contributed by atoms with Gasteiger partial charge in [0.2, 0.25) is 5.95 Å². The van der Waals surface area contributed by atoms with Gasteiger partial charge in [0.1, 0.15) is 0 Å². The molecule has 0 saturated heterocycles. The second-order valence-corrected chi connectivity index (χ2v) is 13.4. The molecule has 0 bridgehead atoms. The van der Waals surface area contributed by atoms with Crippen LogP contribution in [0.3, 0.4) is 0 Å². The summed E-state index contributed by atoms with van der Waals surface area (Å²) in [5.74, 6) is 1.10. The van der Waals surface area contributed by atoms with Crippen molar-refractivity contribution in [3.05, 3.63) is 206 Å². The fourth-order valence-corrected chi connectivity index (χ4v) is 7.32. The third-order valence-electron chi connectivity index (χ3n) is 10.0. The Morgan fingerprint density at radius 3 is 1.40 bits per heavy atom. The van der Waals surface area contributed by atoms with Gasteiger partial charge in [-0.3, -0.25) is 4.57 Å². The second kappa shape index (κ2) is 13.8. The first-order valence-electron chi connectivity index (χ1n) is 20.2. The van der Waals surface area contributed by atoms with E-state index in [0.29, 0.717) is 33.5 Å². The van der Waals surface area contributed by atoms with Gasteiger partial charge in [-0.1, -0.05) is 188 Å². The van der Waals surface area contributed by atoms with Gasteiger partial charge < -0.3 is 0 Å². The van der Waals surface area contributed by atoms with E-state index in [1.165, 1.54) is 0 Å². The largest absolute Gasteiger partial charge is 0.278 e. The highest BCUT2D eigenvalue weighted by molar-refractivity contribution is 6.15. The lowest BCUT2D eigenvalue weighted by Crippen LogP contribution is -2.06. The third-order valence-corrected chi connectivity index (χ3v) is 10.0. The molecule has 0 saturated carbocycles. The first kappa shape index (κ1) is 28.1. The summed E-state index contributed by atoms with van der Waals surface area (Å²) >= 11 is 0. The van der Waals surface area contributed by atoms with Crippen LogP contribution in [0, 0.1) is 0 Å². The van der Waals surface area contributed by atoms with Crippen molar-refractivity contribution in [1.29, 1.82) is 0 Å². The van der Waals surface area contributed by atoms with E-state index >= 15 is 0 Å². The Balaban J connectivity index is 1.22. The number of hydrogen-bond acceptors (Lipinski definition) is 3. The van der Waals surface area contributed by atoms with E-state index in [0.717, 1.165) is 55.6 Å². The summed E-state index contributed by atoms with van der Waals surface area (Å²) in [6.45, 7) is 0. The Kier molecular flexibility index (Phi) is 7.08. The monoisotopic (exact) mass is 706 g/mol. The summed E-state index contributed by atoms with van der Waals surface area (Å²) in [5.41, 5.74) is 10.7. The van der Waals surface area contributed by atoms with Crippen molar-refractivity contribution in [2.45, 2.75) is 0 Å². The van der Waals surface area contributed by atoms with Crippen LogP contribution < -0.4 is 0 Å². The van der Waals surface area contributed by atoms with Gasteiger partial charge in [0.15, 0.2) is 11.6 Å². The fourth-order valence-electron chi connectivity index (χ4n) is 7.32. The number of benzene rings is 8. The molecule has 55 heavy (non-hydrogen) atoms. The molecule has 0 spiro atoms. The molecule has 0 radical (unpaired) electrons. The van der Waals surface area contributed by atoms with Crippen molar-refractivity contribution in [3.8, 4) is 73.2 Å². The molecule has 4 nitrogen and oxygen atoms in total. The summed E-state index contributed by atoms with van der Waals surface area (Å²) in [7, 11) is 0. The molecule has 10 rings (SSSR count). The van der Waals surface area contributed by atoms with Crippen molar-refractivity contribution >= 4 is 21.8 Å². The number of para-hydroxylation sites is 1. The molecule has 0 aliphatic rings. The van der Waals surface area contributed by atoms with Crippen LogP contribution in [0.1, 0.15) is 5.48 Å². The Morgan fingerprint density at radius 1 is 0.364 bits per heavy atom. The summed E-state index contributed by atoms with van der Waals surface area (Å²) in [4.78, 5) is 15.3. The number of aromatic nitrogens is 4. The van der Waals surface area contributed by atoms with Crippen LogP contribution in [0.15, 0.2) is 206 Å².